The summed E-state index contributed by atoms with van der Waals surface area (Å²) in [6.07, 6.45) is 1.49. The molecule has 40 heavy (non-hydrogen) atoms. The van der Waals surface area contributed by atoms with Crippen LogP contribution in [0, 0.1) is 5.41 Å². The fourth-order valence-corrected chi connectivity index (χ4v) is 4.77. The summed E-state index contributed by atoms with van der Waals surface area (Å²) >= 11 is 0. The van der Waals surface area contributed by atoms with Gasteiger partial charge < -0.3 is 29.5 Å². The Labute approximate surface area is 237 Å². The average Bonchev–Trinajstić information content (AvgIpc) is 2.89. The SMILES string of the molecule is CC.CC(OCPOCC(=O)O)c1cc2ncnc(Nc3ccccc3)c2cc1OC(C)(C)CC(C)(C)C(=O)O. The Morgan fingerprint density at radius 1 is 1.05 bits per heavy atom. The fraction of sp³-hybridized carbons (Fsp3) is 0.448. The van der Waals surface area contributed by atoms with E-state index < -0.39 is 29.1 Å². The molecule has 2 unspecified atom stereocenters. The van der Waals surface area contributed by atoms with Gasteiger partial charge in [-0.15, -0.1) is 0 Å². The molecule has 10 nitrogen and oxygen atoms in total. The highest BCUT2D eigenvalue weighted by molar-refractivity contribution is 7.32. The zero-order chi connectivity index (χ0) is 29.9. The number of hydrogen-bond donors (Lipinski definition) is 3. The molecular weight excluding hydrogens is 533 g/mol. The van der Waals surface area contributed by atoms with Crippen LogP contribution in [0.1, 0.15) is 66.6 Å². The maximum absolute atomic E-state index is 11.8. The summed E-state index contributed by atoms with van der Waals surface area (Å²) in [4.78, 5) is 31.3. The van der Waals surface area contributed by atoms with E-state index in [2.05, 4.69) is 15.3 Å². The van der Waals surface area contributed by atoms with Crippen molar-refractivity contribution in [1.82, 2.24) is 9.97 Å². The van der Waals surface area contributed by atoms with Crippen molar-refractivity contribution >= 4 is 43.2 Å². The topological polar surface area (TPSA) is 140 Å². The lowest BCUT2D eigenvalue weighted by Gasteiger charge is -2.34. The number of carboxylic acids is 2. The Bertz CT molecular complexity index is 1270. The molecule has 3 N–H and O–H groups in total. The van der Waals surface area contributed by atoms with Crippen molar-refractivity contribution in [3.8, 4) is 5.75 Å². The molecule has 0 bridgehead atoms. The number of anilines is 2. The summed E-state index contributed by atoms with van der Waals surface area (Å²) in [5, 5.41) is 22.4. The number of carbonyl (C=O) groups is 2. The molecule has 0 fully saturated rings. The first-order chi connectivity index (χ1) is 18.9. The van der Waals surface area contributed by atoms with Crippen LogP contribution in [0.3, 0.4) is 0 Å². The molecule has 11 heteroatoms. The Hall–Kier alpha value is -3.33. The van der Waals surface area contributed by atoms with Gasteiger partial charge in [0.1, 0.15) is 30.1 Å². The Balaban J connectivity index is 0.00000274. The van der Waals surface area contributed by atoms with Crippen molar-refractivity contribution in [3.05, 3.63) is 54.4 Å². The van der Waals surface area contributed by atoms with Gasteiger partial charge in [0.25, 0.3) is 0 Å². The minimum Gasteiger partial charge on any atom is -0.487 e. The van der Waals surface area contributed by atoms with Crippen LogP contribution >= 0.6 is 8.81 Å². The van der Waals surface area contributed by atoms with Crippen molar-refractivity contribution in [1.29, 1.82) is 0 Å². The lowest BCUT2D eigenvalue weighted by molar-refractivity contribution is -0.149. The van der Waals surface area contributed by atoms with Gasteiger partial charge in [0, 0.05) is 31.9 Å². The maximum Gasteiger partial charge on any atom is 0.329 e. The van der Waals surface area contributed by atoms with Gasteiger partial charge in [-0.3, -0.25) is 4.79 Å². The number of ether oxygens (including phenoxy) is 2. The highest BCUT2D eigenvalue weighted by atomic mass is 31.1. The number of aromatic nitrogens is 2. The Kier molecular flexibility index (Phi) is 12.2. The molecule has 0 amide bonds. The third-order valence-corrected chi connectivity index (χ3v) is 6.40. The number of hydrogen-bond acceptors (Lipinski definition) is 8. The number of para-hydroxylation sites is 1. The standard InChI is InChI=1S/C27H34N3O7P.C2H6/c1-17(35-16-38-36-13-23(31)32)19-11-21-20(24(29-15-28-21)30-18-9-7-6-8-10-18)12-22(19)37-27(4,5)14-26(2,3)25(33)34;1-2/h6-12,15,17,38H,13-14,16H2,1-5H3,(H,31,32)(H,33,34)(H,28,29,30);1-2H3. The second-order valence-electron chi connectivity index (χ2n) is 10.1. The first kappa shape index (κ1) is 32.9. The molecule has 0 spiro atoms. The van der Waals surface area contributed by atoms with E-state index in [1.807, 2.05) is 77.1 Å². The molecule has 0 radical (unpaired) electrons. The summed E-state index contributed by atoms with van der Waals surface area (Å²) in [5.41, 5.74) is 0.408. The zero-order valence-corrected chi connectivity index (χ0v) is 25.1. The fourth-order valence-electron chi connectivity index (χ4n) is 4.14. The van der Waals surface area contributed by atoms with Gasteiger partial charge in [0.15, 0.2) is 0 Å². The van der Waals surface area contributed by atoms with Crippen LogP contribution in [-0.2, 0) is 18.8 Å². The molecule has 1 heterocycles. The Morgan fingerprint density at radius 2 is 1.73 bits per heavy atom. The van der Waals surface area contributed by atoms with Gasteiger partial charge in [-0.2, -0.15) is 0 Å². The number of nitrogens with one attached hydrogen (secondary N) is 1. The number of rotatable bonds is 14. The van der Waals surface area contributed by atoms with Crippen molar-refractivity contribution < 1.29 is 33.8 Å². The molecule has 3 aromatic rings. The minimum atomic E-state index is -1.04. The molecule has 0 saturated heterocycles. The van der Waals surface area contributed by atoms with Crippen LogP contribution in [0.25, 0.3) is 10.9 Å². The van der Waals surface area contributed by atoms with E-state index in [1.54, 1.807) is 13.8 Å². The third-order valence-electron chi connectivity index (χ3n) is 5.76. The van der Waals surface area contributed by atoms with E-state index in [9.17, 15) is 14.7 Å². The van der Waals surface area contributed by atoms with Crippen molar-refractivity contribution in [2.45, 2.75) is 66.6 Å². The number of fused-ring (bicyclic) bond motifs is 1. The second kappa shape index (κ2) is 14.9. The summed E-state index contributed by atoms with van der Waals surface area (Å²) in [6, 6.07) is 13.3. The lowest BCUT2D eigenvalue weighted by Crippen LogP contribution is -2.38. The summed E-state index contributed by atoms with van der Waals surface area (Å²) in [7, 11) is -0.143. The smallest absolute Gasteiger partial charge is 0.329 e. The predicted octanol–water partition coefficient (Wildman–Crippen LogP) is 6.79. The van der Waals surface area contributed by atoms with E-state index in [0.717, 1.165) is 11.1 Å². The maximum atomic E-state index is 11.8. The largest absolute Gasteiger partial charge is 0.487 e. The van der Waals surface area contributed by atoms with Crippen molar-refractivity contribution in [2.75, 3.05) is 18.3 Å². The van der Waals surface area contributed by atoms with Crippen LogP contribution in [0.15, 0.2) is 48.8 Å². The van der Waals surface area contributed by atoms with Gasteiger partial charge in [-0.1, -0.05) is 32.0 Å². The molecule has 2 aromatic carbocycles. The number of benzene rings is 2. The van der Waals surface area contributed by atoms with Gasteiger partial charge in [0.05, 0.1) is 23.4 Å². The van der Waals surface area contributed by atoms with E-state index in [-0.39, 0.29) is 28.2 Å². The van der Waals surface area contributed by atoms with Gasteiger partial charge in [-0.25, -0.2) is 14.8 Å². The molecule has 0 aliphatic carbocycles. The van der Waals surface area contributed by atoms with E-state index in [0.29, 0.717) is 22.6 Å². The van der Waals surface area contributed by atoms with Crippen molar-refractivity contribution in [3.63, 3.8) is 0 Å². The monoisotopic (exact) mass is 573 g/mol. The molecule has 0 aliphatic rings. The molecule has 0 aliphatic heterocycles. The Morgan fingerprint density at radius 3 is 2.35 bits per heavy atom. The van der Waals surface area contributed by atoms with Gasteiger partial charge >= 0.3 is 11.9 Å². The van der Waals surface area contributed by atoms with E-state index in [1.165, 1.54) is 6.33 Å². The number of nitrogens with zero attached hydrogens (tertiary/aromatic N) is 2. The van der Waals surface area contributed by atoms with Crippen LogP contribution in [-0.4, -0.2) is 50.7 Å². The van der Waals surface area contributed by atoms with Crippen LogP contribution in [0.4, 0.5) is 11.5 Å². The highest BCUT2D eigenvalue weighted by Crippen LogP contribution is 2.39. The summed E-state index contributed by atoms with van der Waals surface area (Å²) in [6.45, 7) is 12.5. The lowest BCUT2D eigenvalue weighted by atomic mass is 9.82. The molecule has 2 atom stereocenters. The quantitative estimate of drug-likeness (QED) is 0.139. The van der Waals surface area contributed by atoms with Crippen LogP contribution < -0.4 is 10.1 Å². The average molecular weight is 574 g/mol. The summed E-state index contributed by atoms with van der Waals surface area (Å²) in [5.74, 6) is -0.841. The molecular formula is C29H40N3O7P. The summed E-state index contributed by atoms with van der Waals surface area (Å²) < 4.78 is 17.5. The number of aliphatic carboxylic acids is 2. The first-order valence-electron chi connectivity index (χ1n) is 13.1. The molecule has 1 aromatic heterocycles. The zero-order valence-electron chi connectivity index (χ0n) is 24.1. The van der Waals surface area contributed by atoms with Crippen LogP contribution in [0.5, 0.6) is 5.75 Å². The van der Waals surface area contributed by atoms with E-state index in [4.69, 9.17) is 19.1 Å². The second-order valence-corrected chi connectivity index (χ2v) is 11.0. The van der Waals surface area contributed by atoms with Gasteiger partial charge in [-0.05, 0) is 58.9 Å². The predicted molar refractivity (Wildman–Crippen MR) is 158 cm³/mol. The van der Waals surface area contributed by atoms with Crippen molar-refractivity contribution in [2.24, 2.45) is 5.41 Å². The molecule has 0 saturated carbocycles. The van der Waals surface area contributed by atoms with Gasteiger partial charge in [0.2, 0.25) is 0 Å². The van der Waals surface area contributed by atoms with Crippen LogP contribution in [0.2, 0.25) is 0 Å². The first-order valence-corrected chi connectivity index (χ1v) is 14.2. The van der Waals surface area contributed by atoms with E-state index >= 15 is 0 Å². The highest BCUT2D eigenvalue weighted by Gasteiger charge is 2.36. The third kappa shape index (κ3) is 9.70. The molecule has 218 valence electrons. The molecule has 3 rings (SSSR count). The normalized spacial score (nSPS) is 12.6. The minimum absolute atomic E-state index is 0.143. The number of carboxylic acid groups (broad SMARTS) is 2.